The van der Waals surface area contributed by atoms with Crippen LogP contribution >= 0.6 is 34.8 Å². The van der Waals surface area contributed by atoms with Gasteiger partial charge in [-0.25, -0.2) is 0 Å². The Morgan fingerprint density at radius 2 is 1.64 bits per heavy atom. The van der Waals surface area contributed by atoms with Gasteiger partial charge in [-0.2, -0.15) is 0 Å². The van der Waals surface area contributed by atoms with E-state index in [1.807, 2.05) is 36.4 Å². The van der Waals surface area contributed by atoms with Gasteiger partial charge in [0.1, 0.15) is 18.1 Å². The lowest BCUT2D eigenvalue weighted by Gasteiger charge is -2.07. The molecule has 22 heavy (non-hydrogen) atoms. The molecule has 1 aromatic heterocycles. The summed E-state index contributed by atoms with van der Waals surface area (Å²) >= 11 is 17.9. The van der Waals surface area contributed by atoms with E-state index in [4.69, 9.17) is 44.1 Å². The summed E-state index contributed by atoms with van der Waals surface area (Å²) < 4.78 is 10.9. The van der Waals surface area contributed by atoms with Crippen LogP contribution in [0.5, 0.6) is 5.75 Å². The Morgan fingerprint density at radius 3 is 2.41 bits per heavy atom. The van der Waals surface area contributed by atoms with Crippen molar-refractivity contribution in [1.29, 1.82) is 0 Å². The molecule has 0 bridgehead atoms. The van der Waals surface area contributed by atoms with E-state index in [9.17, 15) is 0 Å². The number of ether oxygens (including phenoxy) is 1. The molecule has 0 amide bonds. The molecule has 3 rings (SSSR count). The van der Waals surface area contributed by atoms with E-state index in [1.54, 1.807) is 6.07 Å². The van der Waals surface area contributed by atoms with Crippen LogP contribution in [0.25, 0.3) is 11.3 Å². The lowest BCUT2D eigenvalue weighted by Crippen LogP contribution is -1.94. The summed E-state index contributed by atoms with van der Waals surface area (Å²) in [5, 5.41) is 5.16. The molecule has 0 saturated carbocycles. The van der Waals surface area contributed by atoms with Crippen molar-refractivity contribution in [2.45, 2.75) is 6.61 Å². The van der Waals surface area contributed by atoms with Gasteiger partial charge in [-0.1, -0.05) is 70.3 Å². The van der Waals surface area contributed by atoms with Gasteiger partial charge in [-0.3, -0.25) is 0 Å². The zero-order chi connectivity index (χ0) is 15.5. The monoisotopic (exact) mass is 353 g/mol. The molecule has 1 heterocycles. The highest BCUT2D eigenvalue weighted by Gasteiger charge is 2.10. The Balaban J connectivity index is 1.73. The van der Waals surface area contributed by atoms with Crippen LogP contribution in [0, 0.1) is 0 Å². The van der Waals surface area contributed by atoms with E-state index in [0.717, 1.165) is 11.3 Å². The topological polar surface area (TPSA) is 35.3 Å². The van der Waals surface area contributed by atoms with Crippen molar-refractivity contribution in [3.05, 3.63) is 69.4 Å². The van der Waals surface area contributed by atoms with Gasteiger partial charge in [0.15, 0.2) is 5.76 Å². The van der Waals surface area contributed by atoms with E-state index < -0.39 is 0 Å². The van der Waals surface area contributed by atoms with Crippen LogP contribution in [0.2, 0.25) is 15.1 Å². The lowest BCUT2D eigenvalue weighted by molar-refractivity contribution is 0.250. The van der Waals surface area contributed by atoms with Crippen LogP contribution in [0.4, 0.5) is 0 Å². The molecule has 0 fully saturated rings. The highest BCUT2D eigenvalue weighted by Crippen LogP contribution is 2.34. The summed E-state index contributed by atoms with van der Waals surface area (Å²) in [5.74, 6) is 1.02. The van der Waals surface area contributed by atoms with Crippen molar-refractivity contribution in [3.63, 3.8) is 0 Å². The van der Waals surface area contributed by atoms with Gasteiger partial charge in [-0.15, -0.1) is 0 Å². The van der Waals surface area contributed by atoms with Gasteiger partial charge in [0, 0.05) is 17.7 Å². The largest absolute Gasteiger partial charge is 0.484 e. The van der Waals surface area contributed by atoms with Gasteiger partial charge >= 0.3 is 0 Å². The summed E-state index contributed by atoms with van der Waals surface area (Å²) in [6.07, 6.45) is 0. The van der Waals surface area contributed by atoms with Gasteiger partial charge in [0.25, 0.3) is 0 Å². The predicted octanol–water partition coefficient (Wildman–Crippen LogP) is 5.88. The molecule has 0 unspecified atom stereocenters. The molecule has 0 radical (unpaired) electrons. The molecule has 3 nitrogen and oxygen atoms in total. The molecule has 0 atom stereocenters. The van der Waals surface area contributed by atoms with Crippen molar-refractivity contribution >= 4 is 34.8 Å². The molecule has 112 valence electrons. The second-order valence-corrected chi connectivity index (χ2v) is 5.75. The zero-order valence-electron chi connectivity index (χ0n) is 11.2. The number of aromatic nitrogens is 1. The quantitative estimate of drug-likeness (QED) is 0.549. The summed E-state index contributed by atoms with van der Waals surface area (Å²) in [6, 6.07) is 14.7. The first-order chi connectivity index (χ1) is 10.6. The number of hydrogen-bond donors (Lipinski definition) is 0. The number of benzene rings is 2. The molecular weight excluding hydrogens is 345 g/mol. The minimum Gasteiger partial charge on any atom is -0.484 e. The SMILES string of the molecule is Clc1cc(Cl)c(OCc2cc(-c3ccccc3)no2)cc1Cl. The first kappa shape index (κ1) is 15.2. The van der Waals surface area contributed by atoms with E-state index in [0.29, 0.717) is 26.6 Å². The Hall–Kier alpha value is -1.68. The van der Waals surface area contributed by atoms with Crippen molar-refractivity contribution in [3.8, 4) is 17.0 Å². The van der Waals surface area contributed by atoms with Gasteiger partial charge in [0.2, 0.25) is 0 Å². The maximum atomic E-state index is 6.05. The molecule has 3 aromatic rings. The highest BCUT2D eigenvalue weighted by atomic mass is 35.5. The van der Waals surface area contributed by atoms with Gasteiger partial charge in [-0.05, 0) is 6.07 Å². The first-order valence-electron chi connectivity index (χ1n) is 6.42. The van der Waals surface area contributed by atoms with Crippen molar-refractivity contribution in [2.24, 2.45) is 0 Å². The van der Waals surface area contributed by atoms with Crippen LogP contribution in [0.15, 0.2) is 53.1 Å². The molecular formula is C16H10Cl3NO2. The normalized spacial score (nSPS) is 10.7. The van der Waals surface area contributed by atoms with Gasteiger partial charge < -0.3 is 9.26 Å². The minimum atomic E-state index is 0.192. The van der Waals surface area contributed by atoms with E-state index in [-0.39, 0.29) is 6.61 Å². The molecule has 0 N–H and O–H groups in total. The fourth-order valence-electron chi connectivity index (χ4n) is 1.89. The number of rotatable bonds is 4. The van der Waals surface area contributed by atoms with Crippen molar-refractivity contribution in [2.75, 3.05) is 0 Å². The second kappa shape index (κ2) is 6.61. The number of hydrogen-bond acceptors (Lipinski definition) is 3. The van der Waals surface area contributed by atoms with Crippen molar-refractivity contribution < 1.29 is 9.26 Å². The first-order valence-corrected chi connectivity index (χ1v) is 7.55. The number of nitrogens with zero attached hydrogens (tertiary/aromatic N) is 1. The summed E-state index contributed by atoms with van der Waals surface area (Å²) in [4.78, 5) is 0. The minimum absolute atomic E-state index is 0.192. The van der Waals surface area contributed by atoms with Gasteiger partial charge in [0.05, 0.1) is 15.1 Å². The van der Waals surface area contributed by atoms with Crippen LogP contribution < -0.4 is 4.74 Å². The zero-order valence-corrected chi connectivity index (χ0v) is 13.5. The Labute approximate surface area is 142 Å². The standard InChI is InChI=1S/C16H10Cl3NO2/c17-12-7-14(19)16(8-13(12)18)21-9-11-6-15(20-22-11)10-4-2-1-3-5-10/h1-8H,9H2. The molecule has 0 aliphatic heterocycles. The predicted molar refractivity (Wildman–Crippen MR) is 87.7 cm³/mol. The molecule has 0 aliphatic carbocycles. The van der Waals surface area contributed by atoms with Crippen LogP contribution in [-0.4, -0.2) is 5.16 Å². The summed E-state index contributed by atoms with van der Waals surface area (Å²) in [7, 11) is 0. The molecule has 0 spiro atoms. The highest BCUT2D eigenvalue weighted by molar-refractivity contribution is 6.43. The van der Waals surface area contributed by atoms with Crippen LogP contribution in [0.3, 0.4) is 0 Å². The fraction of sp³-hybridized carbons (Fsp3) is 0.0625. The second-order valence-electron chi connectivity index (χ2n) is 4.53. The molecule has 6 heteroatoms. The Kier molecular flexibility index (Phi) is 4.57. The molecule has 0 aliphatic rings. The Morgan fingerprint density at radius 1 is 0.909 bits per heavy atom. The smallest absolute Gasteiger partial charge is 0.174 e. The lowest BCUT2D eigenvalue weighted by atomic mass is 10.1. The molecule has 2 aromatic carbocycles. The van der Waals surface area contributed by atoms with E-state index in [1.165, 1.54) is 6.07 Å². The maximum absolute atomic E-state index is 6.05. The summed E-state index contributed by atoms with van der Waals surface area (Å²) in [6.45, 7) is 0.192. The average molecular weight is 355 g/mol. The van der Waals surface area contributed by atoms with Crippen LogP contribution in [-0.2, 0) is 6.61 Å². The average Bonchev–Trinajstić information content (AvgIpc) is 2.99. The summed E-state index contributed by atoms with van der Waals surface area (Å²) in [5.41, 5.74) is 1.73. The van der Waals surface area contributed by atoms with E-state index >= 15 is 0 Å². The fourth-order valence-corrected chi connectivity index (χ4v) is 2.48. The van der Waals surface area contributed by atoms with E-state index in [2.05, 4.69) is 5.16 Å². The Bertz CT molecular complexity index is 787. The van der Waals surface area contributed by atoms with Crippen LogP contribution in [0.1, 0.15) is 5.76 Å². The van der Waals surface area contributed by atoms with Crippen molar-refractivity contribution in [1.82, 2.24) is 5.16 Å². The molecule has 0 saturated heterocycles. The number of halogens is 3. The third-order valence-corrected chi connectivity index (χ3v) is 3.99. The third kappa shape index (κ3) is 3.38. The maximum Gasteiger partial charge on any atom is 0.174 e. The third-order valence-electron chi connectivity index (χ3n) is 2.97.